The maximum Gasteiger partial charge on any atom is 0.146 e. The molecule has 0 aliphatic carbocycles. The van der Waals surface area contributed by atoms with Crippen molar-refractivity contribution in [3.63, 3.8) is 0 Å². The molecule has 1 heterocycles. The number of fused-ring (bicyclic) bond motifs is 3. The zero-order valence-corrected chi connectivity index (χ0v) is 19.3. The number of hydrogen-bond donors (Lipinski definition) is 0. The number of rotatable bonds is 5. The van der Waals surface area contributed by atoms with Crippen LogP contribution in [0.25, 0.3) is 38.6 Å². The van der Waals surface area contributed by atoms with Gasteiger partial charge in [0.2, 0.25) is 0 Å². The molecule has 0 spiro atoms. The highest BCUT2D eigenvalue weighted by Gasteiger charge is 2.18. The Morgan fingerprint density at radius 1 is 0.686 bits per heavy atom. The molecule has 6 rings (SSSR count). The molecule has 0 bridgehead atoms. The van der Waals surface area contributed by atoms with Gasteiger partial charge in [0.15, 0.2) is 0 Å². The van der Waals surface area contributed by atoms with Gasteiger partial charge in [-0.1, -0.05) is 72.3 Å². The molecule has 35 heavy (non-hydrogen) atoms. The van der Waals surface area contributed by atoms with Gasteiger partial charge in [0.1, 0.15) is 17.2 Å². The Kier molecular flexibility index (Phi) is 5.28. The summed E-state index contributed by atoms with van der Waals surface area (Å²) in [7, 11) is 0. The molecule has 0 aliphatic rings. The second kappa shape index (κ2) is 8.75. The Labute approximate surface area is 206 Å². The standard InChI is InChI=1S/C30H19ClN2O2/c31-25-13-5-7-16-29(25)35-21-17-18-26(32-34)24(19-21)22-12-8-15-28-30(22)23-11-4-6-14-27(23)33(28)20-9-2-1-3-10-20/h1-19H. The lowest BCUT2D eigenvalue weighted by Gasteiger charge is -2.12. The number of nitroso groups, excluding NO2 is 1. The summed E-state index contributed by atoms with van der Waals surface area (Å²) in [5, 5.41) is 5.98. The van der Waals surface area contributed by atoms with Crippen LogP contribution in [0, 0.1) is 4.91 Å². The lowest BCUT2D eigenvalue weighted by atomic mass is 9.98. The molecule has 0 unspecified atom stereocenters. The first-order valence-electron chi connectivity index (χ1n) is 11.2. The summed E-state index contributed by atoms with van der Waals surface area (Å²) in [6.07, 6.45) is 0. The van der Waals surface area contributed by atoms with Crippen LogP contribution in [0.1, 0.15) is 0 Å². The average Bonchev–Trinajstić information content (AvgIpc) is 3.25. The monoisotopic (exact) mass is 474 g/mol. The van der Waals surface area contributed by atoms with Crippen LogP contribution in [-0.2, 0) is 0 Å². The summed E-state index contributed by atoms with van der Waals surface area (Å²) in [5.41, 5.74) is 5.16. The van der Waals surface area contributed by atoms with Gasteiger partial charge in [0.05, 0.1) is 16.1 Å². The molecule has 5 aromatic carbocycles. The summed E-state index contributed by atoms with van der Waals surface area (Å²) < 4.78 is 8.31. The van der Waals surface area contributed by atoms with Crippen LogP contribution in [0.3, 0.4) is 0 Å². The molecule has 0 radical (unpaired) electrons. The summed E-state index contributed by atoms with van der Waals surface area (Å²) in [5.74, 6) is 1.12. The van der Waals surface area contributed by atoms with Gasteiger partial charge in [-0.2, -0.15) is 0 Å². The van der Waals surface area contributed by atoms with Gasteiger partial charge >= 0.3 is 0 Å². The minimum absolute atomic E-state index is 0.348. The van der Waals surface area contributed by atoms with Crippen molar-refractivity contribution in [1.82, 2.24) is 4.57 Å². The third-order valence-corrected chi connectivity index (χ3v) is 6.45. The van der Waals surface area contributed by atoms with Gasteiger partial charge < -0.3 is 9.30 Å². The number of para-hydroxylation sites is 3. The van der Waals surface area contributed by atoms with Crippen molar-refractivity contribution in [2.75, 3.05) is 0 Å². The first-order valence-corrected chi connectivity index (χ1v) is 11.6. The molecule has 6 aromatic rings. The highest BCUT2D eigenvalue weighted by atomic mass is 35.5. The average molecular weight is 475 g/mol. The molecular formula is C30H19ClN2O2. The van der Waals surface area contributed by atoms with Crippen molar-refractivity contribution in [2.45, 2.75) is 0 Å². The van der Waals surface area contributed by atoms with Gasteiger partial charge in [0.25, 0.3) is 0 Å². The molecule has 0 fully saturated rings. The molecule has 168 valence electrons. The van der Waals surface area contributed by atoms with E-state index in [0.717, 1.165) is 33.1 Å². The zero-order valence-electron chi connectivity index (χ0n) is 18.6. The topological polar surface area (TPSA) is 43.6 Å². The number of hydrogen-bond acceptors (Lipinski definition) is 3. The van der Waals surface area contributed by atoms with Crippen LogP contribution in [0.15, 0.2) is 120 Å². The molecule has 1 aromatic heterocycles. The third-order valence-electron chi connectivity index (χ3n) is 6.13. The summed E-state index contributed by atoms with van der Waals surface area (Å²) in [6.45, 7) is 0. The van der Waals surface area contributed by atoms with E-state index in [9.17, 15) is 4.91 Å². The van der Waals surface area contributed by atoms with E-state index in [1.807, 2.05) is 66.7 Å². The molecule has 0 aliphatic heterocycles. The smallest absolute Gasteiger partial charge is 0.146 e. The van der Waals surface area contributed by atoms with E-state index in [1.165, 1.54) is 0 Å². The normalized spacial score (nSPS) is 11.1. The largest absolute Gasteiger partial charge is 0.456 e. The van der Waals surface area contributed by atoms with Gasteiger partial charge in [0, 0.05) is 22.0 Å². The molecule has 0 amide bonds. The Morgan fingerprint density at radius 2 is 1.43 bits per heavy atom. The van der Waals surface area contributed by atoms with Gasteiger partial charge in [-0.3, -0.25) is 0 Å². The molecule has 0 saturated carbocycles. The summed E-state index contributed by atoms with van der Waals surface area (Å²) in [4.78, 5) is 11.8. The highest BCUT2D eigenvalue weighted by molar-refractivity contribution is 6.32. The van der Waals surface area contributed by atoms with E-state index in [2.05, 4.69) is 40.1 Å². The van der Waals surface area contributed by atoms with Crippen LogP contribution in [0.2, 0.25) is 5.02 Å². The highest BCUT2D eigenvalue weighted by Crippen LogP contribution is 2.43. The number of ether oxygens (including phenoxy) is 1. The third kappa shape index (κ3) is 3.65. The molecule has 4 nitrogen and oxygen atoms in total. The van der Waals surface area contributed by atoms with Crippen molar-refractivity contribution in [3.05, 3.63) is 125 Å². The lowest BCUT2D eigenvalue weighted by Crippen LogP contribution is -1.93. The number of aromatic nitrogens is 1. The van der Waals surface area contributed by atoms with Gasteiger partial charge in [-0.25, -0.2) is 0 Å². The van der Waals surface area contributed by atoms with Crippen molar-refractivity contribution < 1.29 is 4.74 Å². The van der Waals surface area contributed by atoms with E-state index in [4.69, 9.17) is 16.3 Å². The molecule has 0 saturated heterocycles. The SMILES string of the molecule is O=Nc1ccc(Oc2ccccc2Cl)cc1-c1cccc2c1c1ccccc1n2-c1ccccc1. The fourth-order valence-corrected chi connectivity index (χ4v) is 4.80. The Balaban J connectivity index is 1.61. The van der Waals surface area contributed by atoms with Crippen molar-refractivity contribution in [3.8, 4) is 28.3 Å². The van der Waals surface area contributed by atoms with Crippen LogP contribution in [0.4, 0.5) is 5.69 Å². The quantitative estimate of drug-likeness (QED) is 0.233. The van der Waals surface area contributed by atoms with E-state index < -0.39 is 0 Å². The molecular weight excluding hydrogens is 456 g/mol. The van der Waals surface area contributed by atoms with Crippen molar-refractivity contribution in [2.24, 2.45) is 5.18 Å². The van der Waals surface area contributed by atoms with Crippen molar-refractivity contribution >= 4 is 39.1 Å². The van der Waals surface area contributed by atoms with Gasteiger partial charge in [-0.15, -0.1) is 4.91 Å². The minimum Gasteiger partial charge on any atom is -0.456 e. The predicted molar refractivity (Wildman–Crippen MR) is 143 cm³/mol. The predicted octanol–water partition coefficient (Wildman–Crippen LogP) is 9.29. The Hall–Kier alpha value is -4.41. The fourth-order valence-electron chi connectivity index (χ4n) is 4.63. The first-order chi connectivity index (χ1) is 17.2. The fraction of sp³-hybridized carbons (Fsp3) is 0. The number of halogens is 1. The Morgan fingerprint density at radius 3 is 2.26 bits per heavy atom. The van der Waals surface area contributed by atoms with Crippen LogP contribution in [-0.4, -0.2) is 4.57 Å². The minimum atomic E-state index is 0.348. The molecule has 0 N–H and O–H groups in total. The van der Waals surface area contributed by atoms with E-state index in [0.29, 0.717) is 27.8 Å². The van der Waals surface area contributed by atoms with Crippen LogP contribution < -0.4 is 4.74 Å². The van der Waals surface area contributed by atoms with E-state index in [-0.39, 0.29) is 0 Å². The van der Waals surface area contributed by atoms with Crippen LogP contribution in [0.5, 0.6) is 11.5 Å². The van der Waals surface area contributed by atoms with E-state index >= 15 is 0 Å². The first kappa shape index (κ1) is 21.1. The second-order valence-corrected chi connectivity index (χ2v) is 8.60. The Bertz CT molecular complexity index is 1710. The number of benzene rings is 5. The lowest BCUT2D eigenvalue weighted by molar-refractivity contribution is 0.483. The molecule has 5 heteroatoms. The summed E-state index contributed by atoms with van der Waals surface area (Å²) >= 11 is 6.30. The van der Waals surface area contributed by atoms with Crippen molar-refractivity contribution in [1.29, 1.82) is 0 Å². The maximum absolute atomic E-state index is 11.8. The second-order valence-electron chi connectivity index (χ2n) is 8.19. The molecule has 0 atom stereocenters. The number of nitrogens with zero attached hydrogens (tertiary/aromatic N) is 2. The van der Waals surface area contributed by atoms with E-state index in [1.54, 1.807) is 18.2 Å². The maximum atomic E-state index is 11.8. The summed E-state index contributed by atoms with van der Waals surface area (Å²) in [6, 6.07) is 37.2. The zero-order chi connectivity index (χ0) is 23.8. The van der Waals surface area contributed by atoms with Gasteiger partial charge in [-0.05, 0) is 65.3 Å². The van der Waals surface area contributed by atoms with Crippen LogP contribution >= 0.6 is 11.6 Å².